The van der Waals surface area contributed by atoms with Gasteiger partial charge in [-0.05, 0) is 60.2 Å². The molecule has 0 atom stereocenters. The van der Waals surface area contributed by atoms with Crippen molar-refractivity contribution in [3.8, 4) is 28.4 Å². The van der Waals surface area contributed by atoms with Crippen LogP contribution < -0.4 is 11.1 Å². The third-order valence-corrected chi connectivity index (χ3v) is 6.36. The molecule has 0 saturated carbocycles. The normalized spacial score (nSPS) is 10.6. The van der Waals surface area contributed by atoms with Crippen LogP contribution in [-0.4, -0.2) is 36.5 Å². The van der Waals surface area contributed by atoms with Crippen molar-refractivity contribution in [2.45, 2.75) is 20.4 Å². The molecule has 6 rings (SSSR count). The highest BCUT2D eigenvalue weighted by molar-refractivity contribution is 5.94. The van der Waals surface area contributed by atoms with Crippen molar-refractivity contribution in [1.82, 2.24) is 24.8 Å². The number of nitrogens with two attached hydrogens (primary N) is 1. The Hall–Kier alpha value is -5.77. The molecule has 0 aliphatic heterocycles. The van der Waals surface area contributed by atoms with Crippen molar-refractivity contribution in [3.63, 3.8) is 0 Å². The Balaban J connectivity index is 0.00000173. The maximum absolute atomic E-state index is 12.4. The summed E-state index contributed by atoms with van der Waals surface area (Å²) in [6.07, 6.45) is 3.21. The zero-order chi connectivity index (χ0) is 29.6. The lowest BCUT2D eigenvalue weighted by molar-refractivity contribution is 0.0663. The minimum atomic E-state index is -1.15. The molecule has 0 aliphatic carbocycles. The van der Waals surface area contributed by atoms with E-state index in [1.54, 1.807) is 42.7 Å². The van der Waals surface area contributed by atoms with Crippen LogP contribution in [0.4, 0.5) is 5.82 Å². The number of carbonyl (C=O) groups is 2. The highest BCUT2D eigenvalue weighted by Gasteiger charge is 2.19. The second kappa shape index (κ2) is 12.2. The largest absolute Gasteiger partial charge is 0.475 e. The van der Waals surface area contributed by atoms with Gasteiger partial charge < -0.3 is 20.6 Å². The fraction of sp³-hybridized carbons (Fsp3) is 0.0938. The van der Waals surface area contributed by atoms with Gasteiger partial charge >= 0.3 is 5.97 Å². The van der Waals surface area contributed by atoms with Crippen LogP contribution in [0.25, 0.3) is 39.6 Å². The number of imidazole rings is 1. The summed E-state index contributed by atoms with van der Waals surface area (Å²) in [4.78, 5) is 37.4. The second-order valence-electron chi connectivity index (χ2n) is 8.96. The third kappa shape index (κ3) is 5.59. The van der Waals surface area contributed by atoms with Crippen LogP contribution in [0, 0.1) is 0 Å². The molecule has 6 aromatic rings. The Labute approximate surface area is 241 Å². The van der Waals surface area contributed by atoms with E-state index in [-0.39, 0.29) is 11.7 Å². The molecule has 0 spiro atoms. The number of carbonyl (C=O) groups excluding carboxylic acids is 1. The van der Waals surface area contributed by atoms with Gasteiger partial charge in [-0.15, -0.1) is 0 Å². The first-order valence-corrected chi connectivity index (χ1v) is 13.3. The van der Waals surface area contributed by atoms with Gasteiger partial charge in [0.05, 0.1) is 5.56 Å². The number of nitrogens with zero attached hydrogens (tertiary/aromatic N) is 4. The van der Waals surface area contributed by atoms with E-state index < -0.39 is 5.97 Å². The minimum absolute atomic E-state index is 0.147. The molecule has 4 aromatic heterocycles. The van der Waals surface area contributed by atoms with Gasteiger partial charge in [0.25, 0.3) is 5.91 Å². The first kappa shape index (κ1) is 27.8. The first-order valence-electron chi connectivity index (χ1n) is 13.3. The number of rotatable bonds is 7. The van der Waals surface area contributed by atoms with Crippen LogP contribution in [0.5, 0.6) is 0 Å². The van der Waals surface area contributed by atoms with Crippen LogP contribution in [0.1, 0.15) is 40.3 Å². The molecule has 0 radical (unpaired) electrons. The number of hydrogen-bond donors (Lipinski definition) is 3. The Morgan fingerprint density at radius 3 is 2.40 bits per heavy atom. The van der Waals surface area contributed by atoms with E-state index in [1.165, 1.54) is 6.07 Å². The predicted octanol–water partition coefficient (Wildman–Crippen LogP) is 5.98. The van der Waals surface area contributed by atoms with Gasteiger partial charge in [0.15, 0.2) is 11.5 Å². The van der Waals surface area contributed by atoms with Crippen LogP contribution in [0.15, 0.2) is 102 Å². The van der Waals surface area contributed by atoms with E-state index in [2.05, 4.69) is 15.3 Å². The van der Waals surface area contributed by atoms with Gasteiger partial charge in [-0.1, -0.05) is 44.2 Å². The molecule has 2 aromatic carbocycles. The standard InChI is InChI=1S/C30H22N6O4.C2H6/c31-26-22(7-4-14-32-26)27-35-23-15-20(24-12-13-25(40-24)30(38)39)17-33-28(23)36(27)21-10-8-18(9-11-21)16-34-29(37)19-5-2-1-3-6-19;1-2/h1-15,17H,16H2,(H2,31,32)(H,34,37)(H,38,39);1-2H3. The van der Waals surface area contributed by atoms with Gasteiger partial charge in [-0.25, -0.2) is 19.7 Å². The van der Waals surface area contributed by atoms with E-state index >= 15 is 0 Å². The van der Waals surface area contributed by atoms with Gasteiger partial charge in [-0.2, -0.15) is 0 Å². The summed E-state index contributed by atoms with van der Waals surface area (Å²) in [5.74, 6) is -0.235. The molecule has 1 amide bonds. The number of aromatic carboxylic acids is 1. The Bertz CT molecular complexity index is 1860. The number of amides is 1. The number of carboxylic acid groups (broad SMARTS) is 1. The highest BCUT2D eigenvalue weighted by atomic mass is 16.4. The topological polar surface area (TPSA) is 149 Å². The lowest BCUT2D eigenvalue weighted by atomic mass is 10.1. The fourth-order valence-corrected chi connectivity index (χ4v) is 4.38. The maximum atomic E-state index is 12.4. The summed E-state index contributed by atoms with van der Waals surface area (Å²) in [7, 11) is 0. The predicted molar refractivity (Wildman–Crippen MR) is 160 cm³/mol. The highest BCUT2D eigenvalue weighted by Crippen LogP contribution is 2.32. The number of fused-ring (bicyclic) bond motifs is 1. The number of benzene rings is 2. The Morgan fingerprint density at radius 1 is 0.952 bits per heavy atom. The first-order chi connectivity index (χ1) is 20.5. The molecule has 4 heterocycles. The van der Waals surface area contributed by atoms with E-state index in [0.29, 0.717) is 51.8 Å². The van der Waals surface area contributed by atoms with Crippen LogP contribution in [0.2, 0.25) is 0 Å². The molecular formula is C32H28N6O4. The summed E-state index contributed by atoms with van der Waals surface area (Å²) >= 11 is 0. The molecule has 0 aliphatic rings. The minimum Gasteiger partial charge on any atom is -0.475 e. The van der Waals surface area contributed by atoms with Crippen molar-refractivity contribution >= 4 is 28.9 Å². The van der Waals surface area contributed by atoms with Gasteiger partial charge in [0.1, 0.15) is 17.1 Å². The Morgan fingerprint density at radius 2 is 1.71 bits per heavy atom. The number of aromatic nitrogens is 4. The fourth-order valence-electron chi connectivity index (χ4n) is 4.38. The zero-order valence-electron chi connectivity index (χ0n) is 23.0. The molecule has 4 N–H and O–H groups in total. The Kier molecular flexibility index (Phi) is 8.05. The summed E-state index contributed by atoms with van der Waals surface area (Å²) < 4.78 is 7.33. The molecule has 0 saturated heterocycles. The van der Waals surface area contributed by atoms with Crippen molar-refractivity contribution in [2.24, 2.45) is 0 Å². The molecule has 0 bridgehead atoms. The van der Waals surface area contributed by atoms with E-state index in [1.807, 2.05) is 66.9 Å². The summed E-state index contributed by atoms with van der Waals surface area (Å²) in [5, 5.41) is 12.1. The monoisotopic (exact) mass is 560 g/mol. The molecule has 10 nitrogen and oxygen atoms in total. The van der Waals surface area contributed by atoms with Crippen LogP contribution in [0.3, 0.4) is 0 Å². The molecule has 0 fully saturated rings. The van der Waals surface area contributed by atoms with E-state index in [4.69, 9.17) is 15.1 Å². The second-order valence-corrected chi connectivity index (χ2v) is 8.96. The van der Waals surface area contributed by atoms with Crippen molar-refractivity contribution in [1.29, 1.82) is 0 Å². The zero-order valence-corrected chi connectivity index (χ0v) is 23.0. The van der Waals surface area contributed by atoms with Crippen molar-refractivity contribution in [3.05, 3.63) is 114 Å². The smallest absolute Gasteiger partial charge is 0.371 e. The SMILES string of the molecule is CC.Nc1ncccc1-c1nc2cc(-c3ccc(C(=O)O)o3)cnc2n1-c1ccc(CNC(=O)c2ccccc2)cc1. The van der Waals surface area contributed by atoms with E-state index in [0.717, 1.165) is 11.3 Å². The van der Waals surface area contributed by atoms with Crippen molar-refractivity contribution in [2.75, 3.05) is 5.73 Å². The number of hydrogen-bond acceptors (Lipinski definition) is 7. The molecule has 42 heavy (non-hydrogen) atoms. The summed E-state index contributed by atoms with van der Waals surface area (Å²) in [5.41, 5.74) is 10.9. The maximum Gasteiger partial charge on any atom is 0.371 e. The third-order valence-electron chi connectivity index (χ3n) is 6.36. The lowest BCUT2D eigenvalue weighted by Crippen LogP contribution is -2.22. The average Bonchev–Trinajstić information content (AvgIpc) is 3.67. The summed E-state index contributed by atoms with van der Waals surface area (Å²) in [6, 6.07) is 25.1. The molecule has 10 heteroatoms. The van der Waals surface area contributed by atoms with Crippen LogP contribution >= 0.6 is 0 Å². The quantitative estimate of drug-likeness (QED) is 0.216. The lowest BCUT2D eigenvalue weighted by Gasteiger charge is -2.11. The number of anilines is 1. The number of pyridine rings is 2. The van der Waals surface area contributed by atoms with Crippen molar-refractivity contribution < 1.29 is 19.1 Å². The summed E-state index contributed by atoms with van der Waals surface area (Å²) in [6.45, 7) is 4.37. The van der Waals surface area contributed by atoms with Gasteiger partial charge in [-0.3, -0.25) is 9.36 Å². The number of nitrogen functional groups attached to an aromatic ring is 1. The van der Waals surface area contributed by atoms with Crippen LogP contribution in [-0.2, 0) is 6.54 Å². The molecular weight excluding hydrogens is 532 g/mol. The number of nitrogens with one attached hydrogen (secondary N) is 1. The number of furan rings is 1. The number of carboxylic acids is 1. The van der Waals surface area contributed by atoms with Gasteiger partial charge in [0, 0.05) is 35.8 Å². The average molecular weight is 561 g/mol. The van der Waals surface area contributed by atoms with Gasteiger partial charge in [0.2, 0.25) is 5.76 Å². The molecule has 0 unspecified atom stereocenters. The molecule has 210 valence electrons. The van der Waals surface area contributed by atoms with E-state index in [9.17, 15) is 14.7 Å².